The van der Waals surface area contributed by atoms with Crippen LogP contribution in [0.25, 0.3) is 5.57 Å². The number of nitrogens with one attached hydrogen (secondary N) is 1. The Morgan fingerprint density at radius 2 is 1.97 bits per heavy atom. The van der Waals surface area contributed by atoms with Crippen LogP contribution in [0.15, 0.2) is 39.7 Å². The van der Waals surface area contributed by atoms with E-state index < -0.39 is 5.97 Å². The fourth-order valence-electron chi connectivity index (χ4n) is 3.49. The lowest BCUT2D eigenvalue weighted by atomic mass is 9.83. The van der Waals surface area contributed by atoms with Crippen LogP contribution in [-0.4, -0.2) is 41.6 Å². The molecule has 7 nitrogen and oxygen atoms in total. The molecule has 30 heavy (non-hydrogen) atoms. The van der Waals surface area contributed by atoms with Gasteiger partial charge in [0.05, 0.1) is 10.6 Å². The molecular formula is C21H24Cl2N4O3. The Labute approximate surface area is 185 Å². The van der Waals surface area contributed by atoms with Crippen molar-refractivity contribution in [1.82, 2.24) is 20.4 Å². The van der Waals surface area contributed by atoms with Crippen LogP contribution >= 0.6 is 23.2 Å². The molecule has 9 heteroatoms. The van der Waals surface area contributed by atoms with Gasteiger partial charge >= 0.3 is 5.97 Å². The highest BCUT2D eigenvalue weighted by Gasteiger charge is 2.36. The van der Waals surface area contributed by atoms with Crippen molar-refractivity contribution in [3.63, 3.8) is 0 Å². The minimum Gasteiger partial charge on any atom is -0.421 e. The molecule has 1 aliphatic heterocycles. The summed E-state index contributed by atoms with van der Waals surface area (Å²) in [4.78, 5) is 19.7. The van der Waals surface area contributed by atoms with Gasteiger partial charge in [0.15, 0.2) is 11.6 Å². The van der Waals surface area contributed by atoms with E-state index in [9.17, 15) is 4.79 Å². The first kappa shape index (κ1) is 22.3. The second-order valence-electron chi connectivity index (χ2n) is 7.44. The topological polar surface area (TPSA) is 80.5 Å². The molecule has 1 aliphatic rings. The number of nitrogens with zero attached hydrogens (tertiary/aromatic N) is 3. The van der Waals surface area contributed by atoms with Gasteiger partial charge in [-0.2, -0.15) is 4.98 Å². The van der Waals surface area contributed by atoms with Gasteiger partial charge in [0.25, 0.3) is 5.89 Å². The molecule has 0 spiro atoms. The first-order chi connectivity index (χ1) is 14.2. The maximum Gasteiger partial charge on any atom is 0.341 e. The van der Waals surface area contributed by atoms with Crippen LogP contribution in [-0.2, 0) is 4.79 Å². The number of aryl methyl sites for hydroxylation is 1. The lowest BCUT2D eigenvalue weighted by Gasteiger charge is -2.30. The SMILES string of the molecule is CC1=C(C(=O)Oc2cccc(Cl)c2Cl)C(CCN(C)C)C(c2nc(C)no2)=C(C)N1. The number of hydrogen-bond acceptors (Lipinski definition) is 7. The summed E-state index contributed by atoms with van der Waals surface area (Å²) >= 11 is 12.3. The Kier molecular flexibility index (Phi) is 6.85. The van der Waals surface area contributed by atoms with Crippen molar-refractivity contribution in [2.24, 2.45) is 5.92 Å². The average Bonchev–Trinajstić information content (AvgIpc) is 3.09. The third-order valence-corrected chi connectivity index (χ3v) is 5.64. The number of ether oxygens (including phenoxy) is 1. The highest BCUT2D eigenvalue weighted by atomic mass is 35.5. The Hall–Kier alpha value is -2.35. The van der Waals surface area contributed by atoms with Gasteiger partial charge in [-0.3, -0.25) is 0 Å². The van der Waals surface area contributed by atoms with Crippen molar-refractivity contribution in [3.8, 4) is 5.75 Å². The summed E-state index contributed by atoms with van der Waals surface area (Å²) in [5.41, 5.74) is 2.84. The summed E-state index contributed by atoms with van der Waals surface area (Å²) < 4.78 is 11.1. The predicted octanol–water partition coefficient (Wildman–Crippen LogP) is 4.47. The fraction of sp³-hybridized carbons (Fsp3) is 0.381. The van der Waals surface area contributed by atoms with E-state index in [0.717, 1.165) is 17.8 Å². The molecule has 1 N–H and O–H groups in total. The normalized spacial score (nSPS) is 16.9. The summed E-state index contributed by atoms with van der Waals surface area (Å²) in [5, 5.41) is 7.68. The van der Waals surface area contributed by atoms with Crippen molar-refractivity contribution in [2.45, 2.75) is 27.2 Å². The summed E-state index contributed by atoms with van der Waals surface area (Å²) in [6, 6.07) is 4.92. The molecule has 0 amide bonds. The van der Waals surface area contributed by atoms with Crippen LogP contribution in [0, 0.1) is 12.8 Å². The van der Waals surface area contributed by atoms with Crippen molar-refractivity contribution >= 4 is 34.7 Å². The maximum atomic E-state index is 13.3. The Bertz CT molecular complexity index is 1030. The molecule has 1 aromatic carbocycles. The highest BCUT2D eigenvalue weighted by Crippen LogP contribution is 2.39. The van der Waals surface area contributed by atoms with Crippen LogP contribution in [0.1, 0.15) is 32.0 Å². The lowest BCUT2D eigenvalue weighted by molar-refractivity contribution is -0.130. The monoisotopic (exact) mass is 450 g/mol. The molecule has 3 rings (SSSR count). The molecule has 160 valence electrons. The minimum atomic E-state index is -0.505. The molecule has 0 aliphatic carbocycles. The summed E-state index contributed by atoms with van der Waals surface area (Å²) in [5.74, 6) is 0.327. The van der Waals surface area contributed by atoms with Gasteiger partial charge in [-0.05, 0) is 60.0 Å². The third kappa shape index (κ3) is 4.69. The molecule has 2 aromatic rings. The van der Waals surface area contributed by atoms with Gasteiger partial charge in [-0.25, -0.2) is 4.79 Å². The zero-order valence-corrected chi connectivity index (χ0v) is 19.1. The molecule has 1 aromatic heterocycles. The molecule has 0 bridgehead atoms. The standard InChI is InChI=1S/C21H24Cl2N4O3/c1-11-17(20-25-13(3)26-30-20)14(9-10-27(4)5)18(12(2)24-11)21(28)29-16-8-6-7-15(22)19(16)23/h6-8,14,24H,9-10H2,1-5H3. The number of carbonyl (C=O) groups excluding carboxylic acids is 1. The lowest BCUT2D eigenvalue weighted by Crippen LogP contribution is -2.32. The van der Waals surface area contributed by atoms with Crippen LogP contribution in [0.5, 0.6) is 5.75 Å². The molecule has 2 heterocycles. The van der Waals surface area contributed by atoms with Gasteiger partial charge in [0.2, 0.25) is 0 Å². The second-order valence-corrected chi connectivity index (χ2v) is 8.22. The van der Waals surface area contributed by atoms with Gasteiger partial charge in [0.1, 0.15) is 5.02 Å². The van der Waals surface area contributed by atoms with E-state index in [1.54, 1.807) is 25.1 Å². The van der Waals surface area contributed by atoms with Crippen LogP contribution in [0.4, 0.5) is 0 Å². The van der Waals surface area contributed by atoms with E-state index in [1.165, 1.54) is 0 Å². The van der Waals surface area contributed by atoms with Crippen LogP contribution in [0.3, 0.4) is 0 Å². The van der Waals surface area contributed by atoms with Crippen molar-refractivity contribution in [1.29, 1.82) is 0 Å². The number of dihydropyridines is 1. The molecule has 0 saturated carbocycles. The number of hydrogen-bond donors (Lipinski definition) is 1. The number of benzene rings is 1. The Morgan fingerprint density at radius 3 is 2.60 bits per heavy atom. The third-order valence-electron chi connectivity index (χ3n) is 4.84. The van der Waals surface area contributed by atoms with Crippen molar-refractivity contribution in [3.05, 3.63) is 56.9 Å². The maximum absolute atomic E-state index is 13.3. The zero-order valence-electron chi connectivity index (χ0n) is 17.5. The number of esters is 1. The van der Waals surface area contributed by atoms with Gasteiger partial charge in [0, 0.05) is 22.9 Å². The Balaban J connectivity index is 2.00. The summed E-state index contributed by atoms with van der Waals surface area (Å²) in [6.07, 6.45) is 0.661. The zero-order chi connectivity index (χ0) is 22.0. The fourth-order valence-corrected chi connectivity index (χ4v) is 3.82. The first-order valence-corrected chi connectivity index (χ1v) is 10.2. The molecule has 0 saturated heterocycles. The highest BCUT2D eigenvalue weighted by molar-refractivity contribution is 6.43. The number of rotatable bonds is 6. The minimum absolute atomic E-state index is 0.193. The second kappa shape index (κ2) is 9.20. The van der Waals surface area contributed by atoms with Crippen molar-refractivity contribution in [2.75, 3.05) is 20.6 Å². The van der Waals surface area contributed by atoms with E-state index >= 15 is 0 Å². The van der Waals surface area contributed by atoms with E-state index in [1.807, 2.05) is 27.9 Å². The summed E-state index contributed by atoms with van der Waals surface area (Å²) in [6.45, 7) is 6.27. The quantitative estimate of drug-likeness (QED) is 0.513. The van der Waals surface area contributed by atoms with E-state index in [2.05, 4.69) is 20.4 Å². The van der Waals surface area contributed by atoms with E-state index in [-0.39, 0.29) is 16.7 Å². The van der Waals surface area contributed by atoms with Crippen LogP contribution in [0.2, 0.25) is 10.0 Å². The van der Waals surface area contributed by atoms with E-state index in [4.69, 9.17) is 32.5 Å². The number of aromatic nitrogens is 2. The summed E-state index contributed by atoms with van der Waals surface area (Å²) in [7, 11) is 3.96. The van der Waals surface area contributed by atoms with Crippen LogP contribution < -0.4 is 10.1 Å². The first-order valence-electron chi connectivity index (χ1n) is 9.49. The van der Waals surface area contributed by atoms with Gasteiger partial charge in [-0.1, -0.05) is 34.4 Å². The Morgan fingerprint density at radius 1 is 1.23 bits per heavy atom. The number of allylic oxidation sites excluding steroid dienone is 3. The van der Waals surface area contributed by atoms with E-state index in [0.29, 0.717) is 34.4 Å². The largest absolute Gasteiger partial charge is 0.421 e. The average molecular weight is 451 g/mol. The molecule has 1 atom stereocenters. The van der Waals surface area contributed by atoms with Gasteiger partial charge in [-0.15, -0.1) is 0 Å². The molecule has 0 radical (unpaired) electrons. The van der Waals surface area contributed by atoms with Gasteiger partial charge < -0.3 is 19.5 Å². The number of halogens is 2. The molecule has 1 unspecified atom stereocenters. The molecular weight excluding hydrogens is 427 g/mol. The number of carbonyl (C=O) groups is 1. The molecule has 0 fully saturated rings. The smallest absolute Gasteiger partial charge is 0.341 e. The van der Waals surface area contributed by atoms with Crippen molar-refractivity contribution < 1.29 is 14.1 Å². The predicted molar refractivity (Wildman–Crippen MR) is 116 cm³/mol.